The number of rotatable bonds is 4. The number of aromatic nitrogens is 2. The number of aryl methyl sites for hydroxylation is 1. The molecule has 0 aliphatic rings. The van der Waals surface area contributed by atoms with Gasteiger partial charge in [-0.15, -0.1) is 0 Å². The molecule has 1 atom stereocenters. The summed E-state index contributed by atoms with van der Waals surface area (Å²) in [5.74, 6) is -0.184. The summed E-state index contributed by atoms with van der Waals surface area (Å²) in [6, 6.07) is 14.5. The van der Waals surface area contributed by atoms with Crippen molar-refractivity contribution in [3.63, 3.8) is 0 Å². The van der Waals surface area contributed by atoms with Crippen molar-refractivity contribution >= 4 is 28.3 Å². The van der Waals surface area contributed by atoms with E-state index in [0.29, 0.717) is 10.4 Å². The highest BCUT2D eigenvalue weighted by Crippen LogP contribution is 2.21. The largest absolute Gasteiger partial charge is 0.337 e. The molecule has 0 spiro atoms. The van der Waals surface area contributed by atoms with Gasteiger partial charge in [0.15, 0.2) is 0 Å². The molecule has 5 nitrogen and oxygen atoms in total. The zero-order chi connectivity index (χ0) is 18.8. The number of hydrogen-bond acceptors (Lipinski definition) is 3. The van der Waals surface area contributed by atoms with Crippen LogP contribution in [0.3, 0.4) is 0 Å². The minimum atomic E-state index is -0.257. The van der Waals surface area contributed by atoms with Gasteiger partial charge in [-0.25, -0.2) is 4.68 Å². The van der Waals surface area contributed by atoms with Crippen molar-refractivity contribution in [2.45, 2.75) is 26.4 Å². The molecule has 134 valence electrons. The van der Waals surface area contributed by atoms with Crippen molar-refractivity contribution in [2.24, 2.45) is 0 Å². The van der Waals surface area contributed by atoms with E-state index in [2.05, 4.69) is 5.10 Å². The summed E-state index contributed by atoms with van der Waals surface area (Å²) < 4.78 is 1.24. The van der Waals surface area contributed by atoms with Crippen molar-refractivity contribution in [1.82, 2.24) is 14.7 Å². The quantitative estimate of drug-likeness (QED) is 0.706. The Morgan fingerprint density at radius 2 is 1.77 bits per heavy atom. The molecule has 0 aliphatic heterocycles. The van der Waals surface area contributed by atoms with Gasteiger partial charge >= 0.3 is 0 Å². The van der Waals surface area contributed by atoms with Gasteiger partial charge in [-0.3, -0.25) is 9.59 Å². The second kappa shape index (κ2) is 7.30. The first-order valence-corrected chi connectivity index (χ1v) is 8.74. The third kappa shape index (κ3) is 3.48. The predicted octanol–water partition coefficient (Wildman–Crippen LogP) is 3.58. The maximum atomic E-state index is 12.7. The van der Waals surface area contributed by atoms with E-state index in [4.69, 9.17) is 11.6 Å². The molecular formula is C20H20ClN3O2. The van der Waals surface area contributed by atoms with Gasteiger partial charge in [0, 0.05) is 17.5 Å². The Morgan fingerprint density at radius 3 is 2.42 bits per heavy atom. The number of carbonyl (C=O) groups excluding carboxylic acids is 1. The molecule has 26 heavy (non-hydrogen) atoms. The van der Waals surface area contributed by atoms with Gasteiger partial charge in [-0.05, 0) is 37.6 Å². The maximum absolute atomic E-state index is 12.7. The van der Waals surface area contributed by atoms with Crippen LogP contribution in [0.2, 0.25) is 5.02 Å². The molecule has 0 saturated heterocycles. The highest BCUT2D eigenvalue weighted by Gasteiger charge is 2.19. The average Bonchev–Trinajstić information content (AvgIpc) is 2.65. The van der Waals surface area contributed by atoms with Gasteiger partial charge in [0.2, 0.25) is 5.91 Å². The minimum absolute atomic E-state index is 0.0983. The van der Waals surface area contributed by atoms with E-state index in [-0.39, 0.29) is 24.1 Å². The first kappa shape index (κ1) is 18.1. The van der Waals surface area contributed by atoms with Gasteiger partial charge in [-0.1, -0.05) is 41.9 Å². The number of fused-ring (bicyclic) bond motifs is 1. The van der Waals surface area contributed by atoms with E-state index in [0.717, 1.165) is 16.6 Å². The second-order valence-electron chi connectivity index (χ2n) is 6.33. The van der Waals surface area contributed by atoms with E-state index >= 15 is 0 Å². The summed E-state index contributed by atoms with van der Waals surface area (Å²) in [4.78, 5) is 26.9. The standard InChI is InChI=1S/C20H20ClN3O2/c1-13-17-6-4-5-7-18(17)20(26)24(22-13)12-19(25)23(3)14(2)15-8-10-16(21)11-9-15/h4-11,14H,12H2,1-3H3. The molecule has 1 heterocycles. The fourth-order valence-corrected chi connectivity index (χ4v) is 3.06. The van der Waals surface area contributed by atoms with Crippen LogP contribution in [0.15, 0.2) is 53.3 Å². The van der Waals surface area contributed by atoms with E-state index in [1.165, 1.54) is 4.68 Å². The highest BCUT2D eigenvalue weighted by atomic mass is 35.5. The Hall–Kier alpha value is -2.66. The van der Waals surface area contributed by atoms with Crippen LogP contribution >= 0.6 is 11.6 Å². The number of halogens is 1. The Bertz CT molecular complexity index is 1010. The van der Waals surface area contributed by atoms with E-state index < -0.39 is 0 Å². The van der Waals surface area contributed by atoms with Crippen LogP contribution < -0.4 is 5.56 Å². The molecule has 2 aromatic carbocycles. The lowest BCUT2D eigenvalue weighted by atomic mass is 10.1. The minimum Gasteiger partial charge on any atom is -0.337 e. The molecular weight excluding hydrogens is 350 g/mol. The Morgan fingerprint density at radius 1 is 1.15 bits per heavy atom. The SMILES string of the molecule is Cc1nn(CC(=O)N(C)C(C)c2ccc(Cl)cc2)c(=O)c2ccccc12. The molecule has 0 aliphatic carbocycles. The van der Waals surface area contributed by atoms with Gasteiger partial charge in [0.05, 0.1) is 17.1 Å². The van der Waals surface area contributed by atoms with Crippen LogP contribution in [0, 0.1) is 6.92 Å². The fourth-order valence-electron chi connectivity index (χ4n) is 2.93. The summed E-state index contributed by atoms with van der Waals surface area (Å²) in [6.07, 6.45) is 0. The molecule has 0 radical (unpaired) electrons. The van der Waals surface area contributed by atoms with E-state index in [1.54, 1.807) is 30.1 Å². The average molecular weight is 370 g/mol. The highest BCUT2D eigenvalue weighted by molar-refractivity contribution is 6.30. The Kier molecular flexibility index (Phi) is 5.09. The summed E-state index contributed by atoms with van der Waals surface area (Å²) in [6.45, 7) is 3.67. The molecule has 1 amide bonds. The summed E-state index contributed by atoms with van der Waals surface area (Å²) in [5, 5.41) is 6.34. The number of benzene rings is 2. The van der Waals surface area contributed by atoms with Crippen LogP contribution in [0.25, 0.3) is 10.8 Å². The molecule has 1 unspecified atom stereocenters. The van der Waals surface area contributed by atoms with Crippen LogP contribution in [-0.4, -0.2) is 27.6 Å². The number of likely N-dealkylation sites (N-methyl/N-ethyl adjacent to an activating group) is 1. The Labute approximate surface area is 156 Å². The lowest BCUT2D eigenvalue weighted by molar-refractivity contribution is -0.132. The zero-order valence-corrected chi connectivity index (χ0v) is 15.7. The van der Waals surface area contributed by atoms with Crippen LogP contribution in [0.4, 0.5) is 0 Å². The predicted molar refractivity (Wildman–Crippen MR) is 103 cm³/mol. The molecule has 0 N–H and O–H groups in total. The van der Waals surface area contributed by atoms with Gasteiger partial charge < -0.3 is 4.90 Å². The molecule has 1 aromatic heterocycles. The number of carbonyl (C=O) groups is 1. The van der Waals surface area contributed by atoms with Gasteiger partial charge in [0.1, 0.15) is 6.54 Å². The lowest BCUT2D eigenvalue weighted by Gasteiger charge is -2.25. The summed E-state index contributed by atoms with van der Waals surface area (Å²) in [5.41, 5.74) is 1.44. The number of hydrogen-bond donors (Lipinski definition) is 0. The maximum Gasteiger partial charge on any atom is 0.275 e. The smallest absolute Gasteiger partial charge is 0.275 e. The Balaban J connectivity index is 1.85. The van der Waals surface area contributed by atoms with Crippen molar-refractivity contribution in [2.75, 3.05) is 7.05 Å². The van der Waals surface area contributed by atoms with Gasteiger partial charge in [-0.2, -0.15) is 5.10 Å². The van der Waals surface area contributed by atoms with Crippen LogP contribution in [0.1, 0.15) is 24.2 Å². The van der Waals surface area contributed by atoms with Crippen molar-refractivity contribution in [3.8, 4) is 0 Å². The monoisotopic (exact) mass is 369 g/mol. The lowest BCUT2D eigenvalue weighted by Crippen LogP contribution is -2.36. The molecule has 3 aromatic rings. The number of nitrogens with zero attached hydrogens (tertiary/aromatic N) is 3. The summed E-state index contributed by atoms with van der Waals surface area (Å²) >= 11 is 5.92. The van der Waals surface area contributed by atoms with Crippen LogP contribution in [-0.2, 0) is 11.3 Å². The van der Waals surface area contributed by atoms with Gasteiger partial charge in [0.25, 0.3) is 5.56 Å². The molecule has 6 heteroatoms. The third-order valence-corrected chi connectivity index (χ3v) is 4.92. The van der Waals surface area contributed by atoms with Crippen LogP contribution in [0.5, 0.6) is 0 Å². The second-order valence-corrected chi connectivity index (χ2v) is 6.76. The van der Waals surface area contributed by atoms with E-state index in [1.807, 2.05) is 44.2 Å². The fraction of sp³-hybridized carbons (Fsp3) is 0.250. The van der Waals surface area contributed by atoms with Crippen molar-refractivity contribution < 1.29 is 4.79 Å². The normalized spacial score (nSPS) is 12.2. The molecule has 0 fully saturated rings. The topological polar surface area (TPSA) is 55.2 Å². The van der Waals surface area contributed by atoms with E-state index in [9.17, 15) is 9.59 Å². The molecule has 0 bridgehead atoms. The molecule has 0 saturated carbocycles. The first-order chi connectivity index (χ1) is 12.4. The summed E-state index contributed by atoms with van der Waals surface area (Å²) in [7, 11) is 1.72. The van der Waals surface area contributed by atoms with Crippen molar-refractivity contribution in [1.29, 1.82) is 0 Å². The third-order valence-electron chi connectivity index (χ3n) is 4.66. The first-order valence-electron chi connectivity index (χ1n) is 8.36. The zero-order valence-electron chi connectivity index (χ0n) is 14.9. The van der Waals surface area contributed by atoms with Crippen molar-refractivity contribution in [3.05, 3.63) is 75.2 Å². The molecule has 3 rings (SSSR count). The number of amides is 1.